The van der Waals surface area contributed by atoms with E-state index in [-0.39, 0.29) is 11.9 Å². The number of hydrogen-bond donors (Lipinski definition) is 2. The van der Waals surface area contributed by atoms with E-state index in [1.54, 1.807) is 18.3 Å². The number of carbonyl (C=O) groups excluding carboxylic acids is 2. The molecule has 4 rings (SSSR count). The molecule has 8 heteroatoms. The number of aryl methyl sites for hydroxylation is 1. The lowest BCUT2D eigenvalue weighted by Gasteiger charge is -2.32. The van der Waals surface area contributed by atoms with Gasteiger partial charge in [-0.2, -0.15) is 0 Å². The molecule has 166 valence electrons. The predicted molar refractivity (Wildman–Crippen MR) is 124 cm³/mol. The van der Waals surface area contributed by atoms with Gasteiger partial charge in [0.2, 0.25) is 5.91 Å². The van der Waals surface area contributed by atoms with Crippen molar-refractivity contribution in [3.05, 3.63) is 40.9 Å². The highest BCUT2D eigenvalue weighted by atomic mass is 32.1. The molecule has 1 atom stereocenters. The van der Waals surface area contributed by atoms with Gasteiger partial charge in [0.05, 0.1) is 5.69 Å². The molecule has 1 aliphatic heterocycles. The molecular weight excluding hydrogens is 410 g/mol. The number of piperidine rings is 1. The van der Waals surface area contributed by atoms with Gasteiger partial charge in [-0.15, -0.1) is 11.3 Å². The Balaban J connectivity index is 1.24. The zero-order valence-electron chi connectivity index (χ0n) is 18.3. The van der Waals surface area contributed by atoms with E-state index in [2.05, 4.69) is 20.9 Å². The summed E-state index contributed by atoms with van der Waals surface area (Å²) in [6, 6.07) is 7.98. The number of nitrogens with one attached hydrogen (secondary N) is 2. The van der Waals surface area contributed by atoms with Gasteiger partial charge in [0.1, 0.15) is 0 Å². The zero-order chi connectivity index (χ0) is 21.8. The lowest BCUT2D eigenvalue weighted by molar-refractivity contribution is -0.116. The summed E-state index contributed by atoms with van der Waals surface area (Å²) in [6.45, 7) is 7.08. The van der Waals surface area contributed by atoms with Gasteiger partial charge in [0.25, 0.3) is 0 Å². The van der Waals surface area contributed by atoms with Crippen LogP contribution in [0.15, 0.2) is 29.6 Å². The smallest absolute Gasteiger partial charge is 0.319 e. The van der Waals surface area contributed by atoms with E-state index in [1.165, 1.54) is 5.56 Å². The topological polar surface area (TPSA) is 77.6 Å². The van der Waals surface area contributed by atoms with Crippen LogP contribution in [0.5, 0.6) is 0 Å². The maximum atomic E-state index is 12.2. The van der Waals surface area contributed by atoms with Crippen molar-refractivity contribution in [3.8, 4) is 0 Å². The average molecular weight is 442 g/mol. The zero-order valence-corrected chi connectivity index (χ0v) is 19.1. The van der Waals surface area contributed by atoms with Crippen LogP contribution in [0, 0.1) is 12.8 Å². The van der Waals surface area contributed by atoms with Crippen molar-refractivity contribution in [2.45, 2.75) is 52.1 Å². The summed E-state index contributed by atoms with van der Waals surface area (Å²) in [5.41, 5.74) is 3.00. The van der Waals surface area contributed by atoms with Crippen molar-refractivity contribution >= 4 is 34.1 Å². The van der Waals surface area contributed by atoms with Crippen LogP contribution < -0.4 is 15.5 Å². The van der Waals surface area contributed by atoms with E-state index in [0.29, 0.717) is 18.5 Å². The van der Waals surface area contributed by atoms with Gasteiger partial charge in [-0.05, 0) is 57.2 Å². The molecule has 0 spiro atoms. The summed E-state index contributed by atoms with van der Waals surface area (Å²) in [7, 11) is 0. The number of hydrogen-bond acceptors (Lipinski definition) is 5. The van der Waals surface area contributed by atoms with Gasteiger partial charge in [-0.1, -0.05) is 17.7 Å². The normalized spacial score (nSPS) is 19.1. The van der Waals surface area contributed by atoms with Crippen LogP contribution in [0.4, 0.5) is 15.6 Å². The van der Waals surface area contributed by atoms with E-state index < -0.39 is 0 Å². The van der Waals surface area contributed by atoms with Crippen LogP contribution in [0.1, 0.15) is 43.9 Å². The molecule has 0 radical (unpaired) electrons. The number of amides is 3. The minimum Gasteiger partial charge on any atom is -0.338 e. The molecular formula is C23H31N5O2S. The van der Waals surface area contributed by atoms with Crippen molar-refractivity contribution in [1.29, 1.82) is 0 Å². The summed E-state index contributed by atoms with van der Waals surface area (Å²) in [5.74, 6) is 0.507. The number of carbonyl (C=O) groups is 2. The second-order valence-corrected chi connectivity index (χ2v) is 9.52. The van der Waals surface area contributed by atoms with Crippen LogP contribution in [-0.4, -0.2) is 47.5 Å². The first-order valence-electron chi connectivity index (χ1n) is 11.1. The maximum absolute atomic E-state index is 12.2. The first-order valence-corrected chi connectivity index (χ1v) is 11.9. The van der Waals surface area contributed by atoms with E-state index in [1.807, 2.05) is 36.1 Å². The molecule has 3 amide bonds. The van der Waals surface area contributed by atoms with Crippen LogP contribution in [-0.2, 0) is 11.3 Å². The van der Waals surface area contributed by atoms with Gasteiger partial charge >= 0.3 is 6.03 Å². The molecule has 1 saturated heterocycles. The molecule has 0 bridgehead atoms. The molecule has 2 aromatic rings. The van der Waals surface area contributed by atoms with Crippen molar-refractivity contribution < 1.29 is 9.59 Å². The van der Waals surface area contributed by atoms with Gasteiger partial charge in [-0.3, -0.25) is 14.6 Å². The fourth-order valence-corrected chi connectivity index (χ4v) is 5.03. The second-order valence-electron chi connectivity index (χ2n) is 8.69. The lowest BCUT2D eigenvalue weighted by Crippen LogP contribution is -2.41. The van der Waals surface area contributed by atoms with E-state index in [0.717, 1.165) is 61.8 Å². The SMILES string of the molecule is CC(=O)N(c1nc(CN2CCCC(CNC(=O)Nc3ccc(C)cc3)C2)cs1)C1CC1. The summed E-state index contributed by atoms with van der Waals surface area (Å²) in [6.07, 6.45) is 4.38. The molecule has 2 N–H and O–H groups in total. The Morgan fingerprint density at radius 2 is 2.00 bits per heavy atom. The molecule has 1 aromatic carbocycles. The Labute approximate surface area is 187 Å². The second kappa shape index (κ2) is 9.78. The summed E-state index contributed by atoms with van der Waals surface area (Å²) in [5, 5.41) is 8.81. The molecule has 1 saturated carbocycles. The number of urea groups is 1. The van der Waals surface area contributed by atoms with Crippen LogP contribution in [0.2, 0.25) is 0 Å². The van der Waals surface area contributed by atoms with Crippen molar-refractivity contribution in [2.75, 3.05) is 29.9 Å². The third-order valence-electron chi connectivity index (χ3n) is 5.85. The number of thiazole rings is 1. The average Bonchev–Trinajstić information content (AvgIpc) is 3.47. The number of likely N-dealkylation sites (tertiary alicyclic amines) is 1. The highest BCUT2D eigenvalue weighted by molar-refractivity contribution is 7.14. The van der Waals surface area contributed by atoms with E-state index >= 15 is 0 Å². The van der Waals surface area contributed by atoms with Crippen molar-refractivity contribution in [3.63, 3.8) is 0 Å². The summed E-state index contributed by atoms with van der Waals surface area (Å²) >= 11 is 1.56. The molecule has 2 fully saturated rings. The molecule has 1 aromatic heterocycles. The lowest BCUT2D eigenvalue weighted by atomic mass is 9.98. The number of rotatable bonds is 7. The Hall–Kier alpha value is -2.45. The fourth-order valence-electron chi connectivity index (χ4n) is 4.10. The van der Waals surface area contributed by atoms with Gasteiger partial charge in [0.15, 0.2) is 5.13 Å². The number of anilines is 2. The van der Waals surface area contributed by atoms with E-state index in [4.69, 9.17) is 4.98 Å². The molecule has 31 heavy (non-hydrogen) atoms. The predicted octanol–water partition coefficient (Wildman–Crippen LogP) is 4.00. The van der Waals surface area contributed by atoms with Crippen LogP contribution >= 0.6 is 11.3 Å². The molecule has 7 nitrogen and oxygen atoms in total. The minimum atomic E-state index is -0.158. The van der Waals surface area contributed by atoms with E-state index in [9.17, 15) is 9.59 Å². The standard InChI is InChI=1S/C23H31N5O2S/c1-16-5-7-19(8-6-16)25-22(30)24-12-18-4-3-11-27(13-18)14-20-15-31-23(26-20)28(17(2)29)21-9-10-21/h5-8,15,18,21H,3-4,9-14H2,1-2H3,(H2,24,25,30). The summed E-state index contributed by atoms with van der Waals surface area (Å²) in [4.78, 5) is 33.2. The largest absolute Gasteiger partial charge is 0.338 e. The quantitative estimate of drug-likeness (QED) is 0.681. The molecule has 1 aliphatic carbocycles. The number of benzene rings is 1. The van der Waals surface area contributed by atoms with Gasteiger partial charge < -0.3 is 10.6 Å². The Bertz CT molecular complexity index is 909. The number of nitrogens with zero attached hydrogens (tertiary/aromatic N) is 3. The highest BCUT2D eigenvalue weighted by Gasteiger charge is 2.33. The first-order chi connectivity index (χ1) is 15.0. The number of aromatic nitrogens is 1. The Morgan fingerprint density at radius 1 is 1.23 bits per heavy atom. The van der Waals surface area contributed by atoms with Gasteiger partial charge in [-0.25, -0.2) is 9.78 Å². The molecule has 1 unspecified atom stereocenters. The minimum absolute atomic E-state index is 0.0800. The van der Waals surface area contributed by atoms with Gasteiger partial charge in [0, 0.05) is 43.7 Å². The first kappa shape index (κ1) is 21.8. The molecule has 2 aliphatic rings. The highest BCUT2D eigenvalue weighted by Crippen LogP contribution is 2.34. The fraction of sp³-hybridized carbons (Fsp3) is 0.522. The third-order valence-corrected chi connectivity index (χ3v) is 6.74. The monoisotopic (exact) mass is 441 g/mol. The Kier molecular flexibility index (Phi) is 6.87. The summed E-state index contributed by atoms with van der Waals surface area (Å²) < 4.78 is 0. The third kappa shape index (κ3) is 6.04. The Morgan fingerprint density at radius 3 is 2.71 bits per heavy atom. The van der Waals surface area contributed by atoms with Crippen LogP contribution in [0.3, 0.4) is 0 Å². The van der Waals surface area contributed by atoms with Crippen molar-refractivity contribution in [1.82, 2.24) is 15.2 Å². The maximum Gasteiger partial charge on any atom is 0.319 e. The van der Waals surface area contributed by atoms with Crippen LogP contribution in [0.25, 0.3) is 0 Å². The molecule has 2 heterocycles. The van der Waals surface area contributed by atoms with Crippen molar-refractivity contribution in [2.24, 2.45) is 5.92 Å².